The zero-order valence-corrected chi connectivity index (χ0v) is 14.1. The second-order valence-corrected chi connectivity index (χ2v) is 6.91. The first-order valence-electron chi connectivity index (χ1n) is 8.08. The number of benzene rings is 2. The van der Waals surface area contributed by atoms with Crippen molar-refractivity contribution in [1.82, 2.24) is 0 Å². The topological polar surface area (TPSA) is 17.1 Å². The van der Waals surface area contributed by atoms with Gasteiger partial charge in [0, 0.05) is 23.5 Å². The van der Waals surface area contributed by atoms with E-state index < -0.39 is 0 Å². The summed E-state index contributed by atoms with van der Waals surface area (Å²) in [4.78, 5) is 12.9. The molecule has 0 amide bonds. The van der Waals surface area contributed by atoms with Crippen molar-refractivity contribution in [2.24, 2.45) is 0 Å². The Morgan fingerprint density at radius 3 is 2.58 bits per heavy atom. The molecule has 2 heteroatoms. The molecule has 0 fully saturated rings. The number of rotatable bonds is 4. The van der Waals surface area contributed by atoms with Crippen LogP contribution in [-0.2, 0) is 4.79 Å². The van der Waals surface area contributed by atoms with E-state index in [1.165, 1.54) is 27.2 Å². The van der Waals surface area contributed by atoms with Crippen molar-refractivity contribution in [1.29, 1.82) is 0 Å². The summed E-state index contributed by atoms with van der Waals surface area (Å²) in [7, 11) is 0. The minimum absolute atomic E-state index is 0.198. The lowest BCUT2D eigenvalue weighted by Gasteiger charge is -2.11. The van der Waals surface area contributed by atoms with Crippen molar-refractivity contribution in [3.63, 3.8) is 0 Å². The van der Waals surface area contributed by atoms with Gasteiger partial charge in [-0.3, -0.25) is 4.79 Å². The number of fused-ring (bicyclic) bond motifs is 1. The molecule has 0 aromatic heterocycles. The van der Waals surface area contributed by atoms with Crippen LogP contribution in [0, 0.1) is 6.42 Å². The minimum atomic E-state index is 0.198. The number of carbonyl (C=O) groups is 1. The highest BCUT2D eigenvalue weighted by Crippen LogP contribution is 2.46. The largest absolute Gasteiger partial charge is 0.295 e. The van der Waals surface area contributed by atoms with E-state index in [0.717, 1.165) is 11.3 Å². The molecule has 0 unspecified atom stereocenters. The van der Waals surface area contributed by atoms with E-state index in [0.29, 0.717) is 6.42 Å². The predicted molar refractivity (Wildman–Crippen MR) is 102 cm³/mol. The van der Waals surface area contributed by atoms with E-state index in [4.69, 9.17) is 0 Å². The number of allylic oxidation sites excluding steroid dienone is 4. The molecule has 0 bridgehead atoms. The van der Waals surface area contributed by atoms with Gasteiger partial charge in [-0.25, -0.2) is 0 Å². The van der Waals surface area contributed by atoms with Crippen LogP contribution in [0.15, 0.2) is 78.4 Å². The summed E-state index contributed by atoms with van der Waals surface area (Å²) in [5.74, 6) is 1.01. The molecule has 0 N–H and O–H groups in total. The highest BCUT2D eigenvalue weighted by atomic mass is 32.2. The SMILES string of the molecule is O=C1C=C(CSC2=C(c3ccccc3)[CH]c3ccccc32)C=CC1. The molecule has 0 heterocycles. The van der Waals surface area contributed by atoms with Crippen LogP contribution < -0.4 is 0 Å². The molecule has 4 rings (SSSR count). The lowest BCUT2D eigenvalue weighted by molar-refractivity contribution is -0.113. The Bertz CT molecular complexity index is 872. The monoisotopic (exact) mass is 329 g/mol. The maximum Gasteiger partial charge on any atom is 0.159 e. The third kappa shape index (κ3) is 3.02. The summed E-state index contributed by atoms with van der Waals surface area (Å²) >= 11 is 1.81. The van der Waals surface area contributed by atoms with Crippen LogP contribution in [0.5, 0.6) is 0 Å². The van der Waals surface area contributed by atoms with Gasteiger partial charge in [-0.05, 0) is 33.9 Å². The molecule has 2 aromatic rings. The summed E-state index contributed by atoms with van der Waals surface area (Å²) in [6, 6.07) is 19.0. The smallest absolute Gasteiger partial charge is 0.159 e. The summed E-state index contributed by atoms with van der Waals surface area (Å²) in [6.45, 7) is 0. The first-order chi connectivity index (χ1) is 11.8. The van der Waals surface area contributed by atoms with Crippen LogP contribution in [0.3, 0.4) is 0 Å². The second kappa shape index (κ2) is 6.66. The molecule has 2 aromatic carbocycles. The Balaban J connectivity index is 1.67. The van der Waals surface area contributed by atoms with E-state index in [-0.39, 0.29) is 5.78 Å². The highest BCUT2D eigenvalue weighted by molar-refractivity contribution is 8.08. The first kappa shape index (κ1) is 15.2. The average Bonchev–Trinajstić information content (AvgIpc) is 2.99. The molecule has 0 saturated carbocycles. The minimum Gasteiger partial charge on any atom is -0.295 e. The van der Waals surface area contributed by atoms with Crippen molar-refractivity contribution in [3.8, 4) is 0 Å². The fourth-order valence-corrected chi connectivity index (χ4v) is 4.23. The van der Waals surface area contributed by atoms with Crippen molar-refractivity contribution >= 4 is 28.0 Å². The summed E-state index contributed by atoms with van der Waals surface area (Å²) in [5, 5.41) is 0. The van der Waals surface area contributed by atoms with E-state index in [9.17, 15) is 4.79 Å². The van der Waals surface area contributed by atoms with Gasteiger partial charge < -0.3 is 0 Å². The third-order valence-electron chi connectivity index (χ3n) is 4.22. The van der Waals surface area contributed by atoms with E-state index >= 15 is 0 Å². The molecule has 0 saturated heterocycles. The number of thioether (sulfide) groups is 1. The predicted octanol–water partition coefficient (Wildman–Crippen LogP) is 5.31. The molecule has 0 atom stereocenters. The van der Waals surface area contributed by atoms with Crippen molar-refractivity contribution in [2.75, 3.05) is 5.75 Å². The van der Waals surface area contributed by atoms with Gasteiger partial charge in [0.25, 0.3) is 0 Å². The standard InChI is InChI=1S/C22H17OS/c23-19-11-6-7-16(13-19)15-24-22-20-12-5-4-10-18(20)14-21(22)17-8-2-1-3-9-17/h1-10,12-14H,11,15H2. The van der Waals surface area contributed by atoms with Crippen LogP contribution in [0.25, 0.3) is 10.5 Å². The molecule has 1 nitrogen and oxygen atoms in total. The number of carbonyl (C=O) groups excluding carboxylic acids is 1. The molecule has 117 valence electrons. The maximum absolute atomic E-state index is 11.6. The van der Waals surface area contributed by atoms with E-state index in [1.807, 2.05) is 23.9 Å². The van der Waals surface area contributed by atoms with Crippen LogP contribution in [0.1, 0.15) is 23.1 Å². The fraction of sp³-hybridized carbons (Fsp3) is 0.0909. The Hall–Kier alpha value is -2.32. The van der Waals surface area contributed by atoms with Crippen LogP contribution >= 0.6 is 11.8 Å². The molecular weight excluding hydrogens is 312 g/mol. The van der Waals surface area contributed by atoms with Gasteiger partial charge in [-0.1, -0.05) is 66.7 Å². The summed E-state index contributed by atoms with van der Waals surface area (Å²) in [6.07, 6.45) is 8.60. The Kier molecular flexibility index (Phi) is 4.22. The van der Waals surface area contributed by atoms with Gasteiger partial charge in [-0.15, -0.1) is 11.8 Å². The Labute approximate surface area is 146 Å². The zero-order chi connectivity index (χ0) is 16.4. The van der Waals surface area contributed by atoms with Crippen LogP contribution in [0.2, 0.25) is 0 Å². The van der Waals surface area contributed by atoms with Crippen molar-refractivity contribution in [3.05, 3.63) is 102 Å². The van der Waals surface area contributed by atoms with Gasteiger partial charge in [-0.2, -0.15) is 0 Å². The molecule has 2 aliphatic rings. The van der Waals surface area contributed by atoms with Gasteiger partial charge >= 0.3 is 0 Å². The van der Waals surface area contributed by atoms with Gasteiger partial charge in [0.1, 0.15) is 0 Å². The summed E-state index contributed by atoms with van der Waals surface area (Å²) < 4.78 is 0. The van der Waals surface area contributed by atoms with Crippen molar-refractivity contribution in [2.45, 2.75) is 6.42 Å². The van der Waals surface area contributed by atoms with Crippen LogP contribution in [-0.4, -0.2) is 11.5 Å². The molecule has 1 radical (unpaired) electrons. The summed E-state index contributed by atoms with van der Waals surface area (Å²) in [5.41, 5.74) is 6.16. The van der Waals surface area contributed by atoms with E-state index in [2.05, 4.69) is 61.0 Å². The third-order valence-corrected chi connectivity index (χ3v) is 5.42. The molecule has 2 aliphatic carbocycles. The van der Waals surface area contributed by atoms with Gasteiger partial charge in [0.2, 0.25) is 0 Å². The fourth-order valence-electron chi connectivity index (χ4n) is 3.07. The van der Waals surface area contributed by atoms with E-state index in [1.54, 1.807) is 6.08 Å². The molecule has 0 spiro atoms. The number of hydrogen-bond acceptors (Lipinski definition) is 2. The zero-order valence-electron chi connectivity index (χ0n) is 13.2. The van der Waals surface area contributed by atoms with Gasteiger partial charge in [0.15, 0.2) is 5.78 Å². The average molecular weight is 329 g/mol. The number of hydrogen-bond donors (Lipinski definition) is 0. The van der Waals surface area contributed by atoms with Gasteiger partial charge in [0.05, 0.1) is 0 Å². The molecule has 0 aliphatic heterocycles. The molecule has 24 heavy (non-hydrogen) atoms. The normalized spacial score (nSPS) is 16.3. The highest BCUT2D eigenvalue weighted by Gasteiger charge is 2.23. The lowest BCUT2D eigenvalue weighted by Crippen LogP contribution is -1.99. The second-order valence-electron chi connectivity index (χ2n) is 5.92. The first-order valence-corrected chi connectivity index (χ1v) is 9.06. The Morgan fingerprint density at radius 1 is 0.958 bits per heavy atom. The number of ketones is 1. The lowest BCUT2D eigenvalue weighted by atomic mass is 10.0. The molecular formula is C22H17OS. The maximum atomic E-state index is 11.6. The van der Waals surface area contributed by atoms with Crippen molar-refractivity contribution < 1.29 is 4.79 Å². The Morgan fingerprint density at radius 2 is 1.75 bits per heavy atom. The quantitative estimate of drug-likeness (QED) is 0.756. The van der Waals surface area contributed by atoms with Crippen LogP contribution in [0.4, 0.5) is 0 Å².